The Hall–Kier alpha value is -1.67. The number of unbranched alkanes of at least 4 members (excludes halogenated alkanes) is 8. The number of fused-ring (bicyclic) bond motifs is 1. The van der Waals surface area contributed by atoms with Crippen LogP contribution >= 0.6 is 0 Å². The van der Waals surface area contributed by atoms with Crippen molar-refractivity contribution in [2.24, 2.45) is 5.73 Å². The second-order valence-corrected chi connectivity index (χ2v) is 7.54. The number of Topliss-reactive ketones (excluding diaryl/α,β-unsaturated/α-hetero) is 1. The first-order chi connectivity index (χ1) is 12.6. The molecule has 142 valence electrons. The first-order valence-electron chi connectivity index (χ1n) is 10.5. The highest BCUT2D eigenvalue weighted by Crippen LogP contribution is 2.28. The summed E-state index contributed by atoms with van der Waals surface area (Å²) in [4.78, 5) is 12.8. The van der Waals surface area contributed by atoms with E-state index in [4.69, 9.17) is 5.73 Å². The van der Waals surface area contributed by atoms with E-state index < -0.39 is 0 Å². The number of carbonyl (C=O) groups is 1. The van der Waals surface area contributed by atoms with Crippen LogP contribution in [-0.2, 0) is 0 Å². The lowest BCUT2D eigenvalue weighted by Crippen LogP contribution is -2.12. The van der Waals surface area contributed by atoms with Crippen molar-refractivity contribution < 1.29 is 4.79 Å². The molecular weight excluding hydrogens is 318 g/mol. The van der Waals surface area contributed by atoms with Gasteiger partial charge in [-0.25, -0.2) is 0 Å². The van der Waals surface area contributed by atoms with Crippen LogP contribution in [0.25, 0.3) is 10.8 Å². The van der Waals surface area contributed by atoms with E-state index in [1.165, 1.54) is 44.9 Å². The number of benzene rings is 2. The van der Waals surface area contributed by atoms with Gasteiger partial charge < -0.3 is 5.73 Å². The van der Waals surface area contributed by atoms with Gasteiger partial charge in [0.1, 0.15) is 0 Å². The molecule has 2 nitrogen and oxygen atoms in total. The summed E-state index contributed by atoms with van der Waals surface area (Å²) >= 11 is 0. The molecule has 2 aromatic rings. The zero-order valence-electron chi connectivity index (χ0n) is 16.6. The van der Waals surface area contributed by atoms with E-state index in [2.05, 4.69) is 19.1 Å². The molecule has 2 rings (SSSR count). The third-order valence-corrected chi connectivity index (χ3v) is 5.23. The Morgan fingerprint density at radius 2 is 1.50 bits per heavy atom. The minimum Gasteiger partial charge on any atom is -0.324 e. The second kappa shape index (κ2) is 11.1. The van der Waals surface area contributed by atoms with Gasteiger partial charge in [-0.1, -0.05) is 94.7 Å². The third kappa shape index (κ3) is 5.95. The van der Waals surface area contributed by atoms with Crippen LogP contribution in [0.4, 0.5) is 0 Å². The molecule has 0 bridgehead atoms. The van der Waals surface area contributed by atoms with Crippen molar-refractivity contribution in [3.8, 4) is 0 Å². The van der Waals surface area contributed by atoms with Crippen molar-refractivity contribution in [1.29, 1.82) is 0 Å². The van der Waals surface area contributed by atoms with E-state index >= 15 is 0 Å². The van der Waals surface area contributed by atoms with E-state index in [0.717, 1.165) is 34.7 Å². The Balaban J connectivity index is 1.85. The second-order valence-electron chi connectivity index (χ2n) is 7.54. The fourth-order valence-electron chi connectivity index (χ4n) is 3.76. The van der Waals surface area contributed by atoms with Crippen LogP contribution in [0.2, 0.25) is 0 Å². The maximum atomic E-state index is 12.8. The highest BCUT2D eigenvalue weighted by atomic mass is 16.1. The van der Waals surface area contributed by atoms with E-state index in [-0.39, 0.29) is 11.8 Å². The number of rotatable bonds is 12. The van der Waals surface area contributed by atoms with Gasteiger partial charge in [-0.05, 0) is 29.7 Å². The monoisotopic (exact) mass is 353 g/mol. The third-order valence-electron chi connectivity index (χ3n) is 5.23. The average molecular weight is 354 g/mol. The topological polar surface area (TPSA) is 43.1 Å². The summed E-state index contributed by atoms with van der Waals surface area (Å²) in [5.74, 6) is 0.242. The molecule has 0 spiro atoms. The van der Waals surface area contributed by atoms with E-state index in [0.29, 0.717) is 6.42 Å². The van der Waals surface area contributed by atoms with Gasteiger partial charge in [0, 0.05) is 18.0 Å². The van der Waals surface area contributed by atoms with Crippen molar-refractivity contribution in [3.05, 3.63) is 47.5 Å². The zero-order chi connectivity index (χ0) is 18.8. The molecule has 0 fully saturated rings. The molecule has 26 heavy (non-hydrogen) atoms. The zero-order valence-corrected chi connectivity index (χ0v) is 16.6. The molecule has 0 aromatic heterocycles. The fraction of sp³-hybridized carbons (Fsp3) is 0.542. The molecule has 0 heterocycles. The highest BCUT2D eigenvalue weighted by Gasteiger charge is 2.16. The number of hydrogen-bond acceptors (Lipinski definition) is 2. The van der Waals surface area contributed by atoms with E-state index in [9.17, 15) is 4.79 Å². The van der Waals surface area contributed by atoms with Gasteiger partial charge in [-0.2, -0.15) is 0 Å². The molecular formula is C24H35NO. The number of carbonyl (C=O) groups excluding carboxylic acids is 1. The smallest absolute Gasteiger partial charge is 0.163 e. The summed E-state index contributed by atoms with van der Waals surface area (Å²) in [7, 11) is 0. The average Bonchev–Trinajstić information content (AvgIpc) is 2.65. The highest BCUT2D eigenvalue weighted by molar-refractivity contribution is 6.03. The van der Waals surface area contributed by atoms with Crippen LogP contribution in [0.15, 0.2) is 36.4 Å². The molecule has 0 saturated carbocycles. The Morgan fingerprint density at radius 3 is 2.15 bits per heavy atom. The van der Waals surface area contributed by atoms with Crippen molar-refractivity contribution in [3.63, 3.8) is 0 Å². The molecule has 0 radical (unpaired) electrons. The fourth-order valence-corrected chi connectivity index (χ4v) is 3.76. The summed E-state index contributed by atoms with van der Waals surface area (Å²) in [6.07, 6.45) is 12.1. The maximum absolute atomic E-state index is 12.8. The van der Waals surface area contributed by atoms with Crippen molar-refractivity contribution in [1.82, 2.24) is 0 Å². The van der Waals surface area contributed by atoms with E-state index in [1.54, 1.807) is 0 Å². The quantitative estimate of drug-likeness (QED) is 0.331. The van der Waals surface area contributed by atoms with Crippen LogP contribution in [0.1, 0.15) is 100 Å². The van der Waals surface area contributed by atoms with Gasteiger partial charge in [-0.3, -0.25) is 4.79 Å². The SMILES string of the molecule is CCCCCCCCCCCC(=O)c1ccc2ccccc2c1[C@@H](C)N. The van der Waals surface area contributed by atoms with Gasteiger partial charge in [0.2, 0.25) is 0 Å². The van der Waals surface area contributed by atoms with Crippen LogP contribution in [0, 0.1) is 0 Å². The Kier molecular flexibility index (Phi) is 8.84. The van der Waals surface area contributed by atoms with E-state index in [1.807, 2.05) is 31.2 Å². The predicted octanol–water partition coefficient (Wildman–Crippen LogP) is 6.96. The van der Waals surface area contributed by atoms with Gasteiger partial charge in [0.05, 0.1) is 0 Å². The van der Waals surface area contributed by atoms with Gasteiger partial charge in [0.15, 0.2) is 5.78 Å². The normalized spacial score (nSPS) is 12.4. The summed E-state index contributed by atoms with van der Waals surface area (Å²) in [6, 6.07) is 12.1. The maximum Gasteiger partial charge on any atom is 0.163 e. The summed E-state index contributed by atoms with van der Waals surface area (Å²) in [5.41, 5.74) is 8.03. The Bertz CT molecular complexity index is 690. The minimum atomic E-state index is -0.136. The first kappa shape index (κ1) is 20.6. The van der Waals surface area contributed by atoms with Crippen LogP contribution in [0.3, 0.4) is 0 Å². The van der Waals surface area contributed by atoms with Gasteiger partial charge in [0.25, 0.3) is 0 Å². The van der Waals surface area contributed by atoms with Gasteiger partial charge >= 0.3 is 0 Å². The minimum absolute atomic E-state index is 0.136. The lowest BCUT2D eigenvalue weighted by molar-refractivity contribution is 0.0978. The summed E-state index contributed by atoms with van der Waals surface area (Å²) < 4.78 is 0. The standard InChI is InChI=1S/C24H35NO/c1-3-4-5-6-7-8-9-10-11-16-23(26)22-18-17-20-14-12-13-15-21(20)24(22)19(2)25/h12-15,17-19H,3-11,16,25H2,1-2H3/t19-/m1/s1. The lowest BCUT2D eigenvalue weighted by atomic mass is 9.91. The summed E-state index contributed by atoms with van der Waals surface area (Å²) in [6.45, 7) is 4.22. The largest absolute Gasteiger partial charge is 0.324 e. The molecule has 0 amide bonds. The molecule has 0 saturated heterocycles. The predicted molar refractivity (Wildman–Crippen MR) is 113 cm³/mol. The first-order valence-corrected chi connectivity index (χ1v) is 10.5. The Morgan fingerprint density at radius 1 is 0.885 bits per heavy atom. The molecule has 1 atom stereocenters. The van der Waals surface area contributed by atoms with Crippen molar-refractivity contribution in [2.75, 3.05) is 0 Å². The molecule has 2 N–H and O–H groups in total. The molecule has 0 aliphatic heterocycles. The van der Waals surface area contributed by atoms with Gasteiger partial charge in [-0.15, -0.1) is 0 Å². The molecule has 2 aromatic carbocycles. The van der Waals surface area contributed by atoms with Crippen LogP contribution in [0.5, 0.6) is 0 Å². The van der Waals surface area contributed by atoms with Crippen LogP contribution < -0.4 is 5.73 Å². The number of hydrogen-bond donors (Lipinski definition) is 1. The number of ketones is 1. The van der Waals surface area contributed by atoms with Crippen molar-refractivity contribution in [2.45, 2.75) is 84.1 Å². The Labute approximate surface area is 159 Å². The number of nitrogens with two attached hydrogens (primary N) is 1. The lowest BCUT2D eigenvalue weighted by Gasteiger charge is -2.15. The molecule has 2 heteroatoms. The van der Waals surface area contributed by atoms with Crippen LogP contribution in [-0.4, -0.2) is 5.78 Å². The molecule has 0 aliphatic carbocycles. The molecule has 0 aliphatic rings. The summed E-state index contributed by atoms with van der Waals surface area (Å²) in [5, 5.41) is 2.26. The molecule has 0 unspecified atom stereocenters. The van der Waals surface area contributed by atoms with Crippen molar-refractivity contribution >= 4 is 16.6 Å².